The summed E-state index contributed by atoms with van der Waals surface area (Å²) in [7, 11) is 0. The first-order valence-electron chi connectivity index (χ1n) is 9.97. The standard InChI is InChI=1S/C21H26ClN3O3/c22-17-4-1-3-16(9-17)12-25(11-15-6-7-15)13-20-24-19(14-28-20)21(26)23-10-18-5-2-8-27-18/h1,3-4,9,14-15,18H,2,5-8,10-13H2,(H,23,26). The molecule has 1 aliphatic carbocycles. The molecule has 1 aromatic heterocycles. The van der Waals surface area contributed by atoms with Gasteiger partial charge < -0.3 is 14.5 Å². The van der Waals surface area contributed by atoms with Gasteiger partial charge in [0, 0.05) is 31.3 Å². The van der Waals surface area contributed by atoms with Crippen LogP contribution in [-0.2, 0) is 17.8 Å². The third-order valence-corrected chi connectivity index (χ3v) is 5.40. The molecule has 1 N–H and O–H groups in total. The van der Waals surface area contributed by atoms with Crippen molar-refractivity contribution in [3.8, 4) is 0 Å². The van der Waals surface area contributed by atoms with Crippen LogP contribution in [0.4, 0.5) is 0 Å². The minimum Gasteiger partial charge on any atom is -0.447 e. The molecule has 1 aromatic carbocycles. The lowest BCUT2D eigenvalue weighted by Crippen LogP contribution is -2.32. The fourth-order valence-corrected chi connectivity index (χ4v) is 3.74. The largest absolute Gasteiger partial charge is 0.447 e. The summed E-state index contributed by atoms with van der Waals surface area (Å²) < 4.78 is 11.1. The van der Waals surface area contributed by atoms with Crippen LogP contribution in [0.5, 0.6) is 0 Å². The predicted octanol–water partition coefficient (Wildman–Crippen LogP) is 3.65. The Morgan fingerprint density at radius 1 is 1.29 bits per heavy atom. The minimum atomic E-state index is -0.214. The summed E-state index contributed by atoms with van der Waals surface area (Å²) in [6.07, 6.45) is 6.14. The monoisotopic (exact) mass is 403 g/mol. The molecule has 1 atom stereocenters. The average Bonchev–Trinajstić information content (AvgIpc) is 3.15. The van der Waals surface area contributed by atoms with Crippen LogP contribution in [-0.4, -0.2) is 41.6 Å². The number of nitrogens with zero attached hydrogens (tertiary/aromatic N) is 2. The Balaban J connectivity index is 1.34. The molecule has 7 heteroatoms. The molecular formula is C21H26ClN3O3. The van der Waals surface area contributed by atoms with E-state index in [-0.39, 0.29) is 12.0 Å². The molecule has 150 valence electrons. The van der Waals surface area contributed by atoms with Crippen LogP contribution >= 0.6 is 11.6 Å². The first-order chi connectivity index (χ1) is 13.7. The van der Waals surface area contributed by atoms with E-state index in [1.165, 1.54) is 19.1 Å². The van der Waals surface area contributed by atoms with Gasteiger partial charge in [-0.1, -0.05) is 23.7 Å². The molecule has 1 saturated heterocycles. The summed E-state index contributed by atoms with van der Waals surface area (Å²) in [5.41, 5.74) is 1.48. The molecule has 1 unspecified atom stereocenters. The van der Waals surface area contributed by atoms with Gasteiger partial charge >= 0.3 is 0 Å². The number of hydrogen-bond acceptors (Lipinski definition) is 5. The Kier molecular flexibility index (Phi) is 6.29. The zero-order valence-corrected chi connectivity index (χ0v) is 16.7. The number of rotatable bonds is 9. The van der Waals surface area contributed by atoms with Gasteiger partial charge in [0.05, 0.1) is 12.6 Å². The average molecular weight is 404 g/mol. The highest BCUT2D eigenvalue weighted by Crippen LogP contribution is 2.30. The topological polar surface area (TPSA) is 67.6 Å². The van der Waals surface area contributed by atoms with Gasteiger partial charge in [-0.3, -0.25) is 9.69 Å². The maximum atomic E-state index is 12.3. The number of halogens is 1. The zero-order chi connectivity index (χ0) is 19.3. The van der Waals surface area contributed by atoms with Crippen molar-refractivity contribution in [2.45, 2.75) is 44.9 Å². The van der Waals surface area contributed by atoms with E-state index in [4.69, 9.17) is 20.8 Å². The molecule has 2 aliphatic rings. The number of amides is 1. The third-order valence-electron chi connectivity index (χ3n) is 5.17. The van der Waals surface area contributed by atoms with Gasteiger partial charge in [0.2, 0.25) is 5.89 Å². The van der Waals surface area contributed by atoms with E-state index in [1.54, 1.807) is 0 Å². The van der Waals surface area contributed by atoms with Crippen molar-refractivity contribution in [2.75, 3.05) is 19.7 Å². The molecule has 2 aromatic rings. The molecule has 0 bridgehead atoms. The fraction of sp³-hybridized carbons (Fsp3) is 0.524. The van der Waals surface area contributed by atoms with Crippen LogP contribution in [0.3, 0.4) is 0 Å². The summed E-state index contributed by atoms with van der Waals surface area (Å²) in [5.74, 6) is 1.09. The molecule has 1 amide bonds. The van der Waals surface area contributed by atoms with Gasteiger partial charge in [-0.05, 0) is 49.3 Å². The van der Waals surface area contributed by atoms with E-state index in [0.29, 0.717) is 24.7 Å². The second-order valence-corrected chi connectivity index (χ2v) is 8.15. The van der Waals surface area contributed by atoms with Gasteiger partial charge in [0.1, 0.15) is 6.26 Å². The van der Waals surface area contributed by atoms with Crippen LogP contribution in [0, 0.1) is 5.92 Å². The summed E-state index contributed by atoms with van der Waals surface area (Å²) in [6, 6.07) is 7.91. The van der Waals surface area contributed by atoms with E-state index in [0.717, 1.165) is 49.0 Å². The Bertz CT molecular complexity index is 800. The van der Waals surface area contributed by atoms with E-state index >= 15 is 0 Å². The molecular weight excluding hydrogens is 378 g/mol. The van der Waals surface area contributed by atoms with Crippen molar-refractivity contribution in [3.63, 3.8) is 0 Å². The maximum Gasteiger partial charge on any atom is 0.273 e. The Hall–Kier alpha value is -1.89. The van der Waals surface area contributed by atoms with Crippen molar-refractivity contribution in [1.82, 2.24) is 15.2 Å². The van der Waals surface area contributed by atoms with E-state index in [2.05, 4.69) is 21.3 Å². The number of benzene rings is 1. The first-order valence-corrected chi connectivity index (χ1v) is 10.3. The number of carbonyl (C=O) groups excluding carboxylic acids is 1. The lowest BCUT2D eigenvalue weighted by atomic mass is 10.2. The molecule has 0 spiro atoms. The van der Waals surface area contributed by atoms with Crippen LogP contribution in [0.1, 0.15) is 47.6 Å². The van der Waals surface area contributed by atoms with Crippen molar-refractivity contribution in [2.24, 2.45) is 5.92 Å². The van der Waals surface area contributed by atoms with Crippen molar-refractivity contribution in [1.29, 1.82) is 0 Å². The summed E-state index contributed by atoms with van der Waals surface area (Å²) in [5, 5.41) is 3.62. The SMILES string of the molecule is O=C(NCC1CCCO1)c1coc(CN(Cc2cccc(Cl)c2)CC2CC2)n1. The van der Waals surface area contributed by atoms with Crippen LogP contribution in [0.2, 0.25) is 5.02 Å². The highest BCUT2D eigenvalue weighted by atomic mass is 35.5. The molecule has 6 nitrogen and oxygen atoms in total. The molecule has 28 heavy (non-hydrogen) atoms. The number of carbonyl (C=O) groups is 1. The van der Waals surface area contributed by atoms with E-state index in [9.17, 15) is 4.79 Å². The van der Waals surface area contributed by atoms with Crippen LogP contribution in [0.25, 0.3) is 0 Å². The smallest absolute Gasteiger partial charge is 0.273 e. The van der Waals surface area contributed by atoms with Gasteiger partial charge in [0.25, 0.3) is 5.91 Å². The summed E-state index contributed by atoms with van der Waals surface area (Å²) in [6.45, 7) is 3.64. The highest BCUT2D eigenvalue weighted by molar-refractivity contribution is 6.30. The second kappa shape index (κ2) is 9.07. The van der Waals surface area contributed by atoms with Crippen molar-refractivity contribution < 1.29 is 13.9 Å². The predicted molar refractivity (Wildman–Crippen MR) is 106 cm³/mol. The van der Waals surface area contributed by atoms with Gasteiger partial charge in [-0.2, -0.15) is 0 Å². The first kappa shape index (κ1) is 19.4. The summed E-state index contributed by atoms with van der Waals surface area (Å²) in [4.78, 5) is 19.0. The lowest BCUT2D eigenvalue weighted by molar-refractivity contribution is 0.0853. The normalized spacial score (nSPS) is 19.3. The second-order valence-electron chi connectivity index (χ2n) is 7.71. The van der Waals surface area contributed by atoms with E-state index in [1.807, 2.05) is 18.2 Å². The molecule has 0 radical (unpaired) electrons. The highest BCUT2D eigenvalue weighted by Gasteiger charge is 2.26. The number of aromatic nitrogens is 1. The van der Waals surface area contributed by atoms with Crippen molar-refractivity contribution >= 4 is 17.5 Å². The molecule has 4 rings (SSSR count). The molecule has 1 aliphatic heterocycles. The fourth-order valence-electron chi connectivity index (χ4n) is 3.53. The Morgan fingerprint density at radius 2 is 2.18 bits per heavy atom. The minimum absolute atomic E-state index is 0.113. The molecule has 1 saturated carbocycles. The van der Waals surface area contributed by atoms with Crippen LogP contribution in [0.15, 0.2) is 34.9 Å². The summed E-state index contributed by atoms with van der Waals surface area (Å²) >= 11 is 6.12. The zero-order valence-electron chi connectivity index (χ0n) is 15.9. The third kappa shape index (κ3) is 5.56. The number of nitrogens with one attached hydrogen (secondary N) is 1. The Morgan fingerprint density at radius 3 is 2.93 bits per heavy atom. The van der Waals surface area contributed by atoms with Gasteiger partial charge in [-0.15, -0.1) is 0 Å². The number of hydrogen-bond donors (Lipinski definition) is 1. The lowest BCUT2D eigenvalue weighted by Gasteiger charge is -2.20. The quantitative estimate of drug-likeness (QED) is 0.692. The number of ether oxygens (including phenoxy) is 1. The van der Waals surface area contributed by atoms with Gasteiger partial charge in [0.15, 0.2) is 5.69 Å². The molecule has 2 fully saturated rings. The maximum absolute atomic E-state index is 12.3. The van der Waals surface area contributed by atoms with Crippen LogP contribution < -0.4 is 5.32 Å². The molecule has 2 heterocycles. The van der Waals surface area contributed by atoms with Gasteiger partial charge in [-0.25, -0.2) is 4.98 Å². The van der Waals surface area contributed by atoms with E-state index < -0.39 is 0 Å². The Labute approximate surface area is 170 Å². The number of oxazole rings is 1. The van der Waals surface area contributed by atoms with Crippen molar-refractivity contribution in [3.05, 3.63) is 52.7 Å².